The third-order valence-corrected chi connectivity index (χ3v) is 5.28. The summed E-state index contributed by atoms with van der Waals surface area (Å²) in [5, 5.41) is 4.63. The van der Waals surface area contributed by atoms with Crippen LogP contribution < -0.4 is 4.90 Å². The first-order chi connectivity index (χ1) is 15.0. The largest absolute Gasteiger partial charge is 0.378 e. The van der Waals surface area contributed by atoms with E-state index in [2.05, 4.69) is 21.2 Å². The number of anilines is 1. The molecule has 2 aromatic carbocycles. The summed E-state index contributed by atoms with van der Waals surface area (Å²) < 4.78 is 33.7. The number of nitrogens with zero attached hydrogens (tertiary/aromatic N) is 3. The van der Waals surface area contributed by atoms with Crippen molar-refractivity contribution in [3.05, 3.63) is 78.8 Å². The molecule has 0 unspecified atom stereocenters. The Kier molecular flexibility index (Phi) is 4.51. The number of hydrogen-bond donors (Lipinski definition) is 1. The van der Waals surface area contributed by atoms with Crippen molar-refractivity contribution in [3.63, 3.8) is 0 Å². The van der Waals surface area contributed by atoms with E-state index in [1.165, 1.54) is 18.3 Å². The molecule has 3 heterocycles. The highest BCUT2D eigenvalue weighted by Crippen LogP contribution is 2.38. The molecule has 0 aliphatic heterocycles. The molecule has 0 amide bonds. The summed E-state index contributed by atoms with van der Waals surface area (Å²) in [4.78, 5) is 9.68. The fourth-order valence-electron chi connectivity index (χ4n) is 3.65. The molecule has 0 atom stereocenters. The number of pyridine rings is 1. The monoisotopic (exact) mass is 416 g/mol. The maximum Gasteiger partial charge on any atom is 0.176 e. The second-order valence-corrected chi connectivity index (χ2v) is 7.44. The lowest BCUT2D eigenvalue weighted by molar-refractivity contribution is 0.432. The Hall–Kier alpha value is -4.00. The number of fused-ring (bicyclic) bond motifs is 1. The number of rotatable bonds is 4. The second kappa shape index (κ2) is 7.36. The molecule has 5 aromatic rings. The summed E-state index contributed by atoms with van der Waals surface area (Å²) in [7, 11) is 3.98. The highest BCUT2D eigenvalue weighted by Gasteiger charge is 2.21. The van der Waals surface area contributed by atoms with Gasteiger partial charge in [0.25, 0.3) is 0 Å². The van der Waals surface area contributed by atoms with Gasteiger partial charge < -0.3 is 14.4 Å². The van der Waals surface area contributed by atoms with Crippen molar-refractivity contribution in [3.8, 4) is 33.6 Å². The van der Waals surface area contributed by atoms with Gasteiger partial charge in [0.1, 0.15) is 5.65 Å². The molecular weight excluding hydrogens is 398 g/mol. The zero-order valence-corrected chi connectivity index (χ0v) is 16.9. The average molecular weight is 416 g/mol. The summed E-state index contributed by atoms with van der Waals surface area (Å²) in [5.41, 5.74) is 4.81. The second-order valence-electron chi connectivity index (χ2n) is 7.44. The number of aromatic amines is 1. The molecule has 3 aromatic heterocycles. The van der Waals surface area contributed by atoms with Crippen LogP contribution in [0.25, 0.3) is 44.6 Å². The number of benzene rings is 2. The van der Waals surface area contributed by atoms with Crippen LogP contribution in [0.15, 0.2) is 71.6 Å². The quantitative estimate of drug-likeness (QED) is 0.397. The molecule has 0 aliphatic rings. The average Bonchev–Trinajstić information content (AvgIpc) is 3.42. The van der Waals surface area contributed by atoms with Gasteiger partial charge in [-0.1, -0.05) is 29.4 Å². The Balaban J connectivity index is 1.65. The minimum absolute atomic E-state index is 0.0911. The predicted molar refractivity (Wildman–Crippen MR) is 117 cm³/mol. The van der Waals surface area contributed by atoms with Crippen molar-refractivity contribution in [1.82, 2.24) is 15.1 Å². The summed E-state index contributed by atoms with van der Waals surface area (Å²) in [5.74, 6) is -1.52. The standard InChI is InChI=1S/C24H18F2N4O/c1-30(2)16-6-3-5-14(9-16)15-10-18-19(12-28-24(18)27-11-15)23-20(13-29-31-23)17-7-4-8-21(25)22(17)26/h3-13H,1-2H3,(H,27,28). The Morgan fingerprint density at radius 2 is 1.74 bits per heavy atom. The van der Waals surface area contributed by atoms with Gasteiger partial charge in [0.15, 0.2) is 17.4 Å². The summed E-state index contributed by atoms with van der Waals surface area (Å²) in [6.45, 7) is 0. The van der Waals surface area contributed by atoms with Gasteiger partial charge in [-0.3, -0.25) is 0 Å². The van der Waals surface area contributed by atoms with Gasteiger partial charge in [0, 0.05) is 54.3 Å². The number of halogens is 2. The van der Waals surface area contributed by atoms with E-state index in [0.29, 0.717) is 22.5 Å². The fraction of sp³-hybridized carbons (Fsp3) is 0.0833. The lowest BCUT2D eigenvalue weighted by atomic mass is 10.0. The van der Waals surface area contributed by atoms with Crippen molar-refractivity contribution in [2.75, 3.05) is 19.0 Å². The van der Waals surface area contributed by atoms with E-state index in [4.69, 9.17) is 4.52 Å². The first kappa shape index (κ1) is 19.0. The molecule has 0 spiro atoms. The van der Waals surface area contributed by atoms with Crippen LogP contribution in [0.5, 0.6) is 0 Å². The highest BCUT2D eigenvalue weighted by molar-refractivity contribution is 5.98. The van der Waals surface area contributed by atoms with Crippen LogP contribution in [0.4, 0.5) is 14.5 Å². The summed E-state index contributed by atoms with van der Waals surface area (Å²) in [6.07, 6.45) is 4.92. The van der Waals surface area contributed by atoms with Crippen LogP contribution in [-0.4, -0.2) is 29.2 Å². The Morgan fingerprint density at radius 3 is 2.58 bits per heavy atom. The summed E-state index contributed by atoms with van der Waals surface area (Å²) in [6, 6.07) is 14.2. The molecule has 0 bridgehead atoms. The molecule has 5 rings (SSSR count). The van der Waals surface area contributed by atoms with Crippen molar-refractivity contribution in [2.45, 2.75) is 0 Å². The molecule has 154 valence electrons. The number of aromatic nitrogens is 3. The van der Waals surface area contributed by atoms with Crippen molar-refractivity contribution in [1.29, 1.82) is 0 Å². The smallest absolute Gasteiger partial charge is 0.176 e. The van der Waals surface area contributed by atoms with Crippen LogP contribution in [0, 0.1) is 11.6 Å². The predicted octanol–water partition coefficient (Wildman–Crippen LogP) is 5.90. The first-order valence-electron chi connectivity index (χ1n) is 9.67. The number of hydrogen-bond acceptors (Lipinski definition) is 4. The zero-order chi connectivity index (χ0) is 21.5. The maximum atomic E-state index is 14.4. The van der Waals surface area contributed by atoms with Gasteiger partial charge in [0.05, 0.1) is 11.8 Å². The van der Waals surface area contributed by atoms with Crippen LogP contribution in [0.2, 0.25) is 0 Å². The molecule has 0 saturated heterocycles. The maximum absolute atomic E-state index is 14.4. The van der Waals surface area contributed by atoms with E-state index in [9.17, 15) is 8.78 Å². The highest BCUT2D eigenvalue weighted by atomic mass is 19.2. The number of H-pyrrole nitrogens is 1. The molecule has 31 heavy (non-hydrogen) atoms. The van der Waals surface area contributed by atoms with Crippen molar-refractivity contribution < 1.29 is 13.3 Å². The molecule has 7 heteroatoms. The molecule has 0 radical (unpaired) electrons. The Bertz CT molecular complexity index is 1400. The fourth-order valence-corrected chi connectivity index (χ4v) is 3.65. The van der Waals surface area contributed by atoms with Crippen LogP contribution in [-0.2, 0) is 0 Å². The van der Waals surface area contributed by atoms with Gasteiger partial charge in [-0.2, -0.15) is 0 Å². The normalized spacial score (nSPS) is 11.2. The van der Waals surface area contributed by atoms with Crippen LogP contribution in [0.3, 0.4) is 0 Å². The molecule has 5 nitrogen and oxygen atoms in total. The van der Waals surface area contributed by atoms with E-state index in [1.807, 2.05) is 43.3 Å². The van der Waals surface area contributed by atoms with Crippen molar-refractivity contribution >= 4 is 16.7 Å². The van der Waals surface area contributed by atoms with Gasteiger partial charge in [-0.25, -0.2) is 13.8 Å². The SMILES string of the molecule is CN(C)c1cccc(-c2cnc3[nH]cc(-c4oncc4-c4cccc(F)c4F)c3c2)c1. The van der Waals surface area contributed by atoms with E-state index < -0.39 is 11.6 Å². The zero-order valence-electron chi connectivity index (χ0n) is 16.9. The van der Waals surface area contributed by atoms with Crippen LogP contribution in [0.1, 0.15) is 0 Å². The minimum Gasteiger partial charge on any atom is -0.378 e. The molecule has 0 aliphatic carbocycles. The van der Waals surface area contributed by atoms with Gasteiger partial charge in [0.2, 0.25) is 0 Å². The van der Waals surface area contributed by atoms with E-state index in [0.717, 1.165) is 28.3 Å². The molecular formula is C24H18F2N4O. The van der Waals surface area contributed by atoms with Gasteiger partial charge in [-0.05, 0) is 29.8 Å². The lowest BCUT2D eigenvalue weighted by Crippen LogP contribution is -2.08. The van der Waals surface area contributed by atoms with E-state index in [1.54, 1.807) is 12.4 Å². The molecule has 0 fully saturated rings. The molecule has 1 N–H and O–H groups in total. The molecule has 0 saturated carbocycles. The Morgan fingerprint density at radius 1 is 0.903 bits per heavy atom. The number of nitrogens with one attached hydrogen (secondary N) is 1. The Labute approximate surface area is 176 Å². The van der Waals surface area contributed by atoms with E-state index in [-0.39, 0.29) is 5.56 Å². The third kappa shape index (κ3) is 3.24. The minimum atomic E-state index is -0.939. The third-order valence-electron chi connectivity index (χ3n) is 5.28. The summed E-state index contributed by atoms with van der Waals surface area (Å²) >= 11 is 0. The van der Waals surface area contributed by atoms with Crippen LogP contribution >= 0.6 is 0 Å². The van der Waals surface area contributed by atoms with Crippen molar-refractivity contribution in [2.24, 2.45) is 0 Å². The van der Waals surface area contributed by atoms with Gasteiger partial charge in [-0.15, -0.1) is 0 Å². The van der Waals surface area contributed by atoms with Gasteiger partial charge >= 0.3 is 0 Å². The first-order valence-corrected chi connectivity index (χ1v) is 9.67. The lowest BCUT2D eigenvalue weighted by Gasteiger charge is -2.13. The topological polar surface area (TPSA) is 58.0 Å². The van der Waals surface area contributed by atoms with E-state index >= 15 is 0 Å².